The van der Waals surface area contributed by atoms with Gasteiger partial charge in [-0.2, -0.15) is 0 Å². The number of hydrogen-bond donors (Lipinski definition) is 0. The highest BCUT2D eigenvalue weighted by Crippen LogP contribution is 2.44. The first-order valence-corrected chi connectivity index (χ1v) is 18.6. The second-order valence-corrected chi connectivity index (χ2v) is 14.8. The van der Waals surface area contributed by atoms with Crippen molar-refractivity contribution in [2.45, 2.75) is 12.8 Å². The first-order chi connectivity index (χ1) is 25.3. The van der Waals surface area contributed by atoms with E-state index in [-0.39, 0.29) is 0 Å². The lowest BCUT2D eigenvalue weighted by Gasteiger charge is -2.26. The third-order valence-electron chi connectivity index (χ3n) is 10.8. The summed E-state index contributed by atoms with van der Waals surface area (Å²) >= 11 is 1.95. The summed E-state index contributed by atoms with van der Waals surface area (Å²) in [6, 6.07) is 58.4. The van der Waals surface area contributed by atoms with Crippen LogP contribution >= 0.6 is 11.3 Å². The van der Waals surface area contributed by atoms with Crippen molar-refractivity contribution in [3.8, 4) is 5.69 Å². The lowest BCUT2D eigenvalue weighted by Crippen LogP contribution is -2.10. The number of anilines is 3. The zero-order chi connectivity index (χ0) is 33.5. The molecule has 10 aromatic rings. The summed E-state index contributed by atoms with van der Waals surface area (Å²) in [6.45, 7) is 0. The summed E-state index contributed by atoms with van der Waals surface area (Å²) < 4.78 is 3.75. The predicted octanol–water partition coefficient (Wildman–Crippen LogP) is 13.9. The number of para-hydroxylation sites is 2. The van der Waals surface area contributed by atoms with Gasteiger partial charge in [-0.3, -0.25) is 0 Å². The molecule has 3 heteroatoms. The average molecular weight is 669 g/mol. The van der Waals surface area contributed by atoms with Crippen LogP contribution in [0, 0.1) is 0 Å². The molecule has 0 spiro atoms. The van der Waals surface area contributed by atoms with Crippen molar-refractivity contribution < 1.29 is 0 Å². The van der Waals surface area contributed by atoms with Gasteiger partial charge < -0.3 is 9.47 Å². The van der Waals surface area contributed by atoms with Gasteiger partial charge in [0.25, 0.3) is 0 Å². The maximum atomic E-state index is 2.46. The second kappa shape index (κ2) is 11.2. The molecule has 0 radical (unpaired) electrons. The fourth-order valence-corrected chi connectivity index (χ4v) is 9.67. The fourth-order valence-electron chi connectivity index (χ4n) is 8.43. The normalized spacial score (nSPS) is 12.9. The van der Waals surface area contributed by atoms with E-state index in [0.29, 0.717) is 0 Å². The minimum Gasteiger partial charge on any atom is -0.310 e. The highest BCUT2D eigenvalue weighted by molar-refractivity contribution is 7.19. The molecule has 1 aliphatic rings. The molecule has 240 valence electrons. The summed E-state index contributed by atoms with van der Waals surface area (Å²) in [6.07, 6.45) is 6.88. The van der Waals surface area contributed by atoms with Crippen molar-refractivity contribution in [2.24, 2.45) is 0 Å². The molecular formula is C48H32N2S. The summed E-state index contributed by atoms with van der Waals surface area (Å²) in [5, 5.41) is 11.5. The molecule has 8 aromatic carbocycles. The number of aryl methyl sites for hydroxylation is 1. The van der Waals surface area contributed by atoms with Gasteiger partial charge in [0.15, 0.2) is 0 Å². The van der Waals surface area contributed by atoms with E-state index in [1.807, 2.05) is 11.3 Å². The minimum absolute atomic E-state index is 1.12. The van der Waals surface area contributed by atoms with Crippen LogP contribution in [0.2, 0.25) is 0 Å². The van der Waals surface area contributed by atoms with Gasteiger partial charge >= 0.3 is 0 Å². The largest absolute Gasteiger partial charge is 0.310 e. The van der Waals surface area contributed by atoms with Crippen LogP contribution < -0.4 is 4.90 Å². The van der Waals surface area contributed by atoms with Crippen LogP contribution in [-0.2, 0) is 6.42 Å². The van der Waals surface area contributed by atoms with E-state index in [4.69, 9.17) is 0 Å². The summed E-state index contributed by atoms with van der Waals surface area (Å²) in [4.78, 5) is 3.96. The van der Waals surface area contributed by atoms with Crippen molar-refractivity contribution in [1.82, 2.24) is 4.57 Å². The van der Waals surface area contributed by atoms with Gasteiger partial charge in [0, 0.05) is 48.5 Å². The van der Waals surface area contributed by atoms with E-state index in [9.17, 15) is 0 Å². The molecule has 51 heavy (non-hydrogen) atoms. The Morgan fingerprint density at radius 1 is 0.490 bits per heavy atom. The predicted molar refractivity (Wildman–Crippen MR) is 221 cm³/mol. The van der Waals surface area contributed by atoms with Crippen LogP contribution in [0.15, 0.2) is 164 Å². The lowest BCUT2D eigenvalue weighted by atomic mass is 9.96. The van der Waals surface area contributed by atoms with E-state index in [1.54, 1.807) is 0 Å². The van der Waals surface area contributed by atoms with Gasteiger partial charge in [-0.25, -0.2) is 0 Å². The Bertz CT molecular complexity index is 3030. The van der Waals surface area contributed by atoms with E-state index in [0.717, 1.165) is 35.6 Å². The Morgan fingerprint density at radius 3 is 2.02 bits per heavy atom. The number of benzene rings is 8. The molecule has 0 saturated carbocycles. The van der Waals surface area contributed by atoms with E-state index >= 15 is 0 Å². The Balaban J connectivity index is 1.20. The number of thiophene rings is 1. The van der Waals surface area contributed by atoms with E-state index in [1.165, 1.54) is 74.6 Å². The Morgan fingerprint density at radius 2 is 1.14 bits per heavy atom. The zero-order valence-corrected chi connectivity index (χ0v) is 28.7. The molecule has 2 aromatic heterocycles. The van der Waals surface area contributed by atoms with Gasteiger partial charge in [0.2, 0.25) is 0 Å². The van der Waals surface area contributed by atoms with Crippen LogP contribution in [0.5, 0.6) is 0 Å². The molecular weight excluding hydrogens is 637 g/mol. The topological polar surface area (TPSA) is 8.17 Å². The molecule has 0 amide bonds. The van der Waals surface area contributed by atoms with Crippen LogP contribution in [-0.4, -0.2) is 4.57 Å². The highest BCUT2D eigenvalue weighted by atomic mass is 32.1. The molecule has 0 bridgehead atoms. The summed E-state index contributed by atoms with van der Waals surface area (Å²) in [7, 11) is 0. The van der Waals surface area contributed by atoms with Crippen molar-refractivity contribution >= 4 is 98.7 Å². The maximum Gasteiger partial charge on any atom is 0.0561 e. The summed E-state index contributed by atoms with van der Waals surface area (Å²) in [5.41, 5.74) is 8.41. The van der Waals surface area contributed by atoms with Gasteiger partial charge in [0.05, 0.1) is 11.0 Å². The highest BCUT2D eigenvalue weighted by Gasteiger charge is 2.20. The van der Waals surface area contributed by atoms with Crippen LogP contribution in [0.3, 0.4) is 0 Å². The minimum atomic E-state index is 1.12. The van der Waals surface area contributed by atoms with Gasteiger partial charge in [-0.05, 0) is 105 Å². The molecule has 0 unspecified atom stereocenters. The Labute approximate surface area is 299 Å². The van der Waals surface area contributed by atoms with E-state index in [2.05, 4.69) is 179 Å². The third kappa shape index (κ3) is 4.42. The monoisotopic (exact) mass is 668 g/mol. The first kappa shape index (κ1) is 28.7. The molecule has 0 N–H and O–H groups in total. The molecule has 11 rings (SSSR count). The van der Waals surface area contributed by atoms with E-state index < -0.39 is 0 Å². The Kier molecular flexibility index (Phi) is 6.28. The standard InChI is InChI=1S/C48H32N2S/c1-2-11-34(12-3-1)50-44-16-8-6-14-39(44)40-26-24-36(29-45(40)50)49(37-25-27-42-41-15-7-9-17-46(41)51-47(42)30-37)35-23-22-32-19-21-33-20-18-31-10-4-5-13-38(31)48(33)43(32)28-35/h1-8,10-16,18-30H,9,17H2. The fraction of sp³-hybridized carbons (Fsp3) is 0.0417. The quantitative estimate of drug-likeness (QED) is 0.169. The Hall–Kier alpha value is -6.16. The van der Waals surface area contributed by atoms with Gasteiger partial charge in [-0.15, -0.1) is 11.3 Å². The SMILES string of the molecule is C1=Cc2c(sc3cc(N(c4ccc5ccc6ccc7ccccc7c6c5c4)c4ccc5c6ccccc6n(-c6ccccc6)c5c4)ccc23)CC1. The molecule has 1 aliphatic carbocycles. The second-order valence-electron chi connectivity index (χ2n) is 13.6. The summed E-state index contributed by atoms with van der Waals surface area (Å²) in [5.74, 6) is 0. The lowest BCUT2D eigenvalue weighted by molar-refractivity contribution is 1.02. The van der Waals surface area contributed by atoms with Crippen molar-refractivity contribution in [1.29, 1.82) is 0 Å². The zero-order valence-electron chi connectivity index (χ0n) is 27.9. The van der Waals surface area contributed by atoms with Crippen molar-refractivity contribution in [3.05, 3.63) is 174 Å². The van der Waals surface area contributed by atoms with Gasteiger partial charge in [0.1, 0.15) is 0 Å². The van der Waals surface area contributed by atoms with Gasteiger partial charge in [-0.1, -0.05) is 115 Å². The average Bonchev–Trinajstić information content (AvgIpc) is 3.73. The first-order valence-electron chi connectivity index (χ1n) is 17.7. The molecule has 0 saturated heterocycles. The van der Waals surface area contributed by atoms with Crippen molar-refractivity contribution in [2.75, 3.05) is 4.90 Å². The molecule has 2 heterocycles. The number of allylic oxidation sites excluding steroid dienone is 1. The molecule has 0 aliphatic heterocycles. The third-order valence-corrected chi connectivity index (χ3v) is 12.0. The molecule has 0 atom stereocenters. The molecule has 0 fully saturated rings. The maximum absolute atomic E-state index is 2.46. The van der Waals surface area contributed by atoms with Crippen LogP contribution in [0.25, 0.3) is 76.0 Å². The van der Waals surface area contributed by atoms with Crippen molar-refractivity contribution in [3.63, 3.8) is 0 Å². The number of nitrogens with zero attached hydrogens (tertiary/aromatic N) is 2. The number of hydrogen-bond acceptors (Lipinski definition) is 2. The number of fused-ring (bicyclic) bond motifs is 11. The number of aromatic nitrogens is 1. The van der Waals surface area contributed by atoms with Crippen LogP contribution in [0.4, 0.5) is 17.1 Å². The number of rotatable bonds is 4. The molecule has 2 nitrogen and oxygen atoms in total. The smallest absolute Gasteiger partial charge is 0.0561 e. The van der Waals surface area contributed by atoms with Crippen LogP contribution in [0.1, 0.15) is 16.9 Å².